The average molecular weight is 208 g/mol. The summed E-state index contributed by atoms with van der Waals surface area (Å²) in [5, 5.41) is 6.75. The zero-order chi connectivity index (χ0) is 9.80. The van der Waals surface area contributed by atoms with Gasteiger partial charge in [-0.05, 0) is 24.2 Å². The number of rotatable bonds is 3. The minimum Gasteiger partial charge on any atom is -0.383 e. The van der Waals surface area contributed by atoms with Gasteiger partial charge in [0.05, 0.1) is 0 Å². The number of fused-ring (bicyclic) bond motifs is 1. The monoisotopic (exact) mass is 208 g/mol. The van der Waals surface area contributed by atoms with E-state index in [-0.39, 0.29) is 0 Å². The molecule has 0 amide bonds. The van der Waals surface area contributed by atoms with E-state index in [0.717, 1.165) is 19.6 Å². The first kappa shape index (κ1) is 9.87. The normalized spacial score (nSPS) is 14.6. The number of anilines is 1. The van der Waals surface area contributed by atoms with E-state index >= 15 is 0 Å². The number of hydrogen-bond donors (Lipinski definition) is 2. The van der Waals surface area contributed by atoms with Crippen LogP contribution >= 0.6 is 11.8 Å². The molecule has 76 valence electrons. The number of thioether (sulfide) groups is 1. The zero-order valence-electron chi connectivity index (χ0n) is 8.47. The second-order valence-corrected chi connectivity index (χ2v) is 4.52. The van der Waals surface area contributed by atoms with Crippen LogP contribution in [0.5, 0.6) is 0 Å². The zero-order valence-corrected chi connectivity index (χ0v) is 9.29. The van der Waals surface area contributed by atoms with E-state index in [4.69, 9.17) is 0 Å². The second kappa shape index (κ2) is 4.71. The van der Waals surface area contributed by atoms with Crippen molar-refractivity contribution in [1.29, 1.82) is 0 Å². The van der Waals surface area contributed by atoms with Crippen LogP contribution in [0, 0.1) is 0 Å². The summed E-state index contributed by atoms with van der Waals surface area (Å²) in [6.07, 6.45) is 0. The first-order valence-corrected chi connectivity index (χ1v) is 6.09. The summed E-state index contributed by atoms with van der Waals surface area (Å²) in [6, 6.07) is 6.67. The molecule has 14 heavy (non-hydrogen) atoms. The summed E-state index contributed by atoms with van der Waals surface area (Å²) in [6.45, 7) is 5.23. The lowest BCUT2D eigenvalue weighted by Crippen LogP contribution is -2.13. The van der Waals surface area contributed by atoms with Crippen LogP contribution in [-0.4, -0.2) is 18.8 Å². The molecular formula is C11H16N2S. The van der Waals surface area contributed by atoms with Crippen LogP contribution in [-0.2, 0) is 6.54 Å². The van der Waals surface area contributed by atoms with Crippen molar-refractivity contribution >= 4 is 17.4 Å². The molecule has 0 saturated heterocycles. The summed E-state index contributed by atoms with van der Waals surface area (Å²) in [4.78, 5) is 1.40. The summed E-state index contributed by atoms with van der Waals surface area (Å²) in [5.74, 6) is 1.18. The fourth-order valence-electron chi connectivity index (χ4n) is 1.56. The molecule has 2 rings (SSSR count). The van der Waals surface area contributed by atoms with Crippen LogP contribution < -0.4 is 10.6 Å². The van der Waals surface area contributed by atoms with Crippen molar-refractivity contribution in [3.8, 4) is 0 Å². The maximum Gasteiger partial charge on any atom is 0.0478 e. The van der Waals surface area contributed by atoms with Crippen LogP contribution in [0.15, 0.2) is 23.1 Å². The predicted octanol–water partition coefficient (Wildman–Crippen LogP) is 2.31. The van der Waals surface area contributed by atoms with Gasteiger partial charge in [-0.2, -0.15) is 0 Å². The van der Waals surface area contributed by atoms with Crippen molar-refractivity contribution in [3.05, 3.63) is 23.8 Å². The van der Waals surface area contributed by atoms with Crippen LogP contribution in [0.4, 0.5) is 5.69 Å². The molecule has 1 aromatic carbocycles. The Morgan fingerprint density at radius 3 is 3.29 bits per heavy atom. The number of nitrogens with one attached hydrogen (secondary N) is 2. The molecule has 0 aromatic heterocycles. The summed E-state index contributed by atoms with van der Waals surface area (Å²) in [5.41, 5.74) is 2.67. The molecule has 1 aromatic rings. The summed E-state index contributed by atoms with van der Waals surface area (Å²) >= 11 is 1.95. The Hall–Kier alpha value is -0.670. The quantitative estimate of drug-likeness (QED) is 0.797. The lowest BCUT2D eigenvalue weighted by Gasteiger charge is -2.18. The van der Waals surface area contributed by atoms with E-state index in [2.05, 4.69) is 35.8 Å². The average Bonchev–Trinajstić information content (AvgIpc) is 2.26. The van der Waals surface area contributed by atoms with Gasteiger partial charge in [-0.3, -0.25) is 0 Å². The van der Waals surface area contributed by atoms with Gasteiger partial charge in [0.1, 0.15) is 0 Å². The molecule has 2 N–H and O–H groups in total. The van der Waals surface area contributed by atoms with Gasteiger partial charge < -0.3 is 10.6 Å². The molecule has 0 spiro atoms. The molecule has 1 heterocycles. The molecule has 0 saturated carbocycles. The van der Waals surface area contributed by atoms with Crippen LogP contribution in [0.25, 0.3) is 0 Å². The van der Waals surface area contributed by atoms with E-state index in [0.29, 0.717) is 0 Å². The minimum absolute atomic E-state index is 0.977. The smallest absolute Gasteiger partial charge is 0.0478 e. The second-order valence-electron chi connectivity index (χ2n) is 3.39. The highest BCUT2D eigenvalue weighted by molar-refractivity contribution is 7.99. The van der Waals surface area contributed by atoms with Crippen molar-refractivity contribution in [1.82, 2.24) is 5.32 Å². The largest absolute Gasteiger partial charge is 0.383 e. The standard InChI is InChI=1S/C11H16N2S/c1-2-12-8-9-3-4-10-11(7-9)14-6-5-13-10/h3-4,7,12-13H,2,5-6,8H2,1H3. The minimum atomic E-state index is 0.977. The van der Waals surface area contributed by atoms with Gasteiger partial charge in [-0.15, -0.1) is 11.8 Å². The first-order chi connectivity index (χ1) is 6.90. The van der Waals surface area contributed by atoms with Gasteiger partial charge in [0.2, 0.25) is 0 Å². The maximum atomic E-state index is 3.40. The molecule has 0 bridgehead atoms. The Bertz CT molecular complexity index is 312. The van der Waals surface area contributed by atoms with Crippen molar-refractivity contribution < 1.29 is 0 Å². The van der Waals surface area contributed by atoms with E-state index in [9.17, 15) is 0 Å². The Labute approximate surface area is 89.5 Å². The molecule has 0 unspecified atom stereocenters. The molecule has 1 aliphatic rings. The molecule has 0 radical (unpaired) electrons. The number of hydrogen-bond acceptors (Lipinski definition) is 3. The Morgan fingerprint density at radius 2 is 2.43 bits per heavy atom. The third kappa shape index (κ3) is 2.22. The molecule has 1 aliphatic heterocycles. The van der Waals surface area contributed by atoms with Gasteiger partial charge in [-0.1, -0.05) is 13.0 Å². The van der Waals surface area contributed by atoms with E-state index in [1.807, 2.05) is 11.8 Å². The molecule has 2 nitrogen and oxygen atoms in total. The fraction of sp³-hybridized carbons (Fsp3) is 0.455. The highest BCUT2D eigenvalue weighted by Gasteiger charge is 2.08. The van der Waals surface area contributed by atoms with Gasteiger partial charge in [-0.25, -0.2) is 0 Å². The van der Waals surface area contributed by atoms with Crippen molar-refractivity contribution in [2.24, 2.45) is 0 Å². The Morgan fingerprint density at radius 1 is 1.50 bits per heavy atom. The van der Waals surface area contributed by atoms with Gasteiger partial charge in [0.15, 0.2) is 0 Å². The summed E-state index contributed by atoms with van der Waals surface area (Å²) in [7, 11) is 0. The third-order valence-electron chi connectivity index (χ3n) is 2.30. The predicted molar refractivity (Wildman–Crippen MR) is 63.0 cm³/mol. The first-order valence-electron chi connectivity index (χ1n) is 5.10. The molecule has 0 fully saturated rings. The number of benzene rings is 1. The Kier molecular flexibility index (Phi) is 3.32. The topological polar surface area (TPSA) is 24.1 Å². The van der Waals surface area contributed by atoms with Crippen LogP contribution in [0.1, 0.15) is 12.5 Å². The maximum absolute atomic E-state index is 3.40. The fourth-order valence-corrected chi connectivity index (χ4v) is 2.51. The van der Waals surface area contributed by atoms with Gasteiger partial charge >= 0.3 is 0 Å². The van der Waals surface area contributed by atoms with Gasteiger partial charge in [0.25, 0.3) is 0 Å². The van der Waals surface area contributed by atoms with Gasteiger partial charge in [0, 0.05) is 29.4 Å². The van der Waals surface area contributed by atoms with Crippen LogP contribution in [0.2, 0.25) is 0 Å². The highest BCUT2D eigenvalue weighted by atomic mass is 32.2. The highest BCUT2D eigenvalue weighted by Crippen LogP contribution is 2.31. The SMILES string of the molecule is CCNCc1ccc2c(c1)SCCN2. The third-order valence-corrected chi connectivity index (χ3v) is 3.36. The van der Waals surface area contributed by atoms with Crippen molar-refractivity contribution in [2.75, 3.05) is 24.2 Å². The van der Waals surface area contributed by atoms with E-state index in [1.54, 1.807) is 0 Å². The summed E-state index contributed by atoms with van der Waals surface area (Å²) < 4.78 is 0. The molecule has 0 atom stereocenters. The molecule has 3 heteroatoms. The lowest BCUT2D eigenvalue weighted by atomic mass is 10.2. The van der Waals surface area contributed by atoms with Crippen molar-refractivity contribution in [2.45, 2.75) is 18.4 Å². The van der Waals surface area contributed by atoms with Crippen LogP contribution in [0.3, 0.4) is 0 Å². The van der Waals surface area contributed by atoms with Crippen molar-refractivity contribution in [3.63, 3.8) is 0 Å². The molecular weight excluding hydrogens is 192 g/mol. The Balaban J connectivity index is 2.12. The molecule has 0 aliphatic carbocycles. The van der Waals surface area contributed by atoms with E-state index < -0.39 is 0 Å². The lowest BCUT2D eigenvalue weighted by molar-refractivity contribution is 0.725. The van der Waals surface area contributed by atoms with E-state index in [1.165, 1.54) is 21.9 Å².